The van der Waals surface area contributed by atoms with Gasteiger partial charge in [-0.2, -0.15) is 10.1 Å². The van der Waals surface area contributed by atoms with Gasteiger partial charge in [-0.15, -0.1) is 0 Å². The number of hydrogen-bond donors (Lipinski definition) is 1. The second-order valence-corrected chi connectivity index (χ2v) is 9.65. The summed E-state index contributed by atoms with van der Waals surface area (Å²) in [6.45, 7) is 12.7. The lowest BCUT2D eigenvalue weighted by Crippen LogP contribution is -2.52. The molecule has 2 heterocycles. The van der Waals surface area contributed by atoms with Crippen LogP contribution in [-0.2, 0) is 23.9 Å². The maximum absolute atomic E-state index is 11.3. The van der Waals surface area contributed by atoms with E-state index in [1.807, 2.05) is 24.0 Å². The van der Waals surface area contributed by atoms with Gasteiger partial charge >= 0.3 is 0 Å². The SMILES string of the molecule is [CH2]C(O)(CCCCCC)CC(CCCCCCC=O)(ON1CCOC1C)ON1CCOC1C. The number of aldehydes is 1. The lowest BCUT2D eigenvalue weighted by atomic mass is 9.88. The normalized spacial score (nSPS) is 25.8. The number of ether oxygens (including phenoxy) is 2. The summed E-state index contributed by atoms with van der Waals surface area (Å²) in [4.78, 5) is 23.7. The predicted octanol–water partition coefficient (Wildman–Crippen LogP) is 4.37. The Morgan fingerprint density at radius 2 is 1.48 bits per heavy atom. The van der Waals surface area contributed by atoms with Gasteiger partial charge in [0.05, 0.1) is 31.9 Å². The zero-order chi connectivity index (χ0) is 24.2. The molecule has 2 rings (SSSR count). The third-order valence-electron chi connectivity index (χ3n) is 6.44. The Labute approximate surface area is 200 Å². The Balaban J connectivity index is 2.15. The summed E-state index contributed by atoms with van der Waals surface area (Å²) < 4.78 is 11.4. The molecule has 0 bridgehead atoms. The number of rotatable bonds is 18. The number of hydrogen-bond acceptors (Lipinski definition) is 8. The van der Waals surface area contributed by atoms with E-state index in [4.69, 9.17) is 19.1 Å². The zero-order valence-electron chi connectivity index (χ0n) is 21.1. The second kappa shape index (κ2) is 14.7. The minimum absolute atomic E-state index is 0.185. The maximum atomic E-state index is 11.3. The first-order chi connectivity index (χ1) is 15.8. The van der Waals surface area contributed by atoms with E-state index in [2.05, 4.69) is 13.8 Å². The number of unbranched alkanes of at least 4 members (excludes halogenated alkanes) is 7. The first-order valence-corrected chi connectivity index (χ1v) is 13.0. The van der Waals surface area contributed by atoms with Crippen LogP contribution in [-0.4, -0.2) is 71.7 Å². The molecule has 8 nitrogen and oxygen atoms in total. The predicted molar refractivity (Wildman–Crippen MR) is 127 cm³/mol. The van der Waals surface area contributed by atoms with Gasteiger partial charge < -0.3 is 19.4 Å². The maximum Gasteiger partial charge on any atom is 0.210 e. The molecule has 2 aliphatic heterocycles. The van der Waals surface area contributed by atoms with Crippen LogP contribution in [0, 0.1) is 6.92 Å². The van der Waals surface area contributed by atoms with Gasteiger partial charge in [-0.1, -0.05) is 45.4 Å². The van der Waals surface area contributed by atoms with Crippen LogP contribution in [0.2, 0.25) is 0 Å². The van der Waals surface area contributed by atoms with Crippen LogP contribution in [0.15, 0.2) is 0 Å². The molecule has 0 aliphatic carbocycles. The number of hydroxylamine groups is 4. The fourth-order valence-corrected chi connectivity index (χ4v) is 4.53. The van der Waals surface area contributed by atoms with E-state index in [1.165, 1.54) is 0 Å². The Morgan fingerprint density at radius 1 is 0.939 bits per heavy atom. The van der Waals surface area contributed by atoms with Gasteiger partial charge in [0, 0.05) is 19.3 Å². The summed E-state index contributed by atoms with van der Waals surface area (Å²) in [6.07, 6.45) is 10.6. The molecule has 0 amide bonds. The van der Waals surface area contributed by atoms with Crippen molar-refractivity contribution in [3.63, 3.8) is 0 Å². The molecule has 0 saturated carbocycles. The van der Waals surface area contributed by atoms with Crippen LogP contribution in [0.1, 0.15) is 97.8 Å². The summed E-state index contributed by atoms with van der Waals surface area (Å²) >= 11 is 0. The molecule has 0 spiro atoms. The highest BCUT2D eigenvalue weighted by molar-refractivity contribution is 5.48. The second-order valence-electron chi connectivity index (χ2n) is 9.65. The number of nitrogens with zero attached hydrogens (tertiary/aromatic N) is 2. The molecule has 0 aromatic heterocycles. The smallest absolute Gasteiger partial charge is 0.210 e. The van der Waals surface area contributed by atoms with Crippen LogP contribution >= 0.6 is 0 Å². The van der Waals surface area contributed by atoms with E-state index in [-0.39, 0.29) is 18.9 Å². The van der Waals surface area contributed by atoms with Gasteiger partial charge in [0.25, 0.3) is 0 Å². The van der Waals surface area contributed by atoms with Crippen molar-refractivity contribution in [2.75, 3.05) is 26.3 Å². The van der Waals surface area contributed by atoms with Crippen molar-refractivity contribution >= 4 is 6.29 Å². The average molecular weight is 472 g/mol. The summed E-state index contributed by atoms with van der Waals surface area (Å²) in [5, 5.41) is 14.9. The molecule has 3 unspecified atom stereocenters. The molecule has 0 aromatic rings. The average Bonchev–Trinajstić information content (AvgIpc) is 3.35. The molecule has 2 aliphatic rings. The van der Waals surface area contributed by atoms with Crippen LogP contribution in [0.4, 0.5) is 0 Å². The number of carbonyl (C=O) groups is 1. The monoisotopic (exact) mass is 471 g/mol. The molecule has 33 heavy (non-hydrogen) atoms. The van der Waals surface area contributed by atoms with Crippen molar-refractivity contribution in [3.8, 4) is 0 Å². The van der Waals surface area contributed by atoms with Gasteiger partial charge in [-0.3, -0.25) is 9.68 Å². The Bertz CT molecular complexity index is 525. The highest BCUT2D eigenvalue weighted by Crippen LogP contribution is 2.37. The van der Waals surface area contributed by atoms with Crippen LogP contribution in [0.5, 0.6) is 0 Å². The molecule has 0 aromatic carbocycles. The van der Waals surface area contributed by atoms with Crippen molar-refractivity contribution in [1.29, 1.82) is 0 Å². The Hall–Kier alpha value is -0.610. The lowest BCUT2D eigenvalue weighted by Gasteiger charge is -2.43. The van der Waals surface area contributed by atoms with E-state index in [0.717, 1.165) is 57.7 Å². The standard InChI is InChI=1S/C25H47N2O6/c1-5-6-7-11-14-24(4,29)21-25(15-12-9-8-10-13-18-28,32-26-16-19-30-22(26)2)33-27-17-20-31-23(27)3/h18,22-23,29H,4-17,19-21H2,1-3H3. The van der Waals surface area contributed by atoms with Crippen LogP contribution in [0.3, 0.4) is 0 Å². The van der Waals surface area contributed by atoms with E-state index >= 15 is 0 Å². The fraction of sp³-hybridized carbons (Fsp3) is 0.920. The number of carbonyl (C=O) groups excluding carboxylic acids is 1. The Morgan fingerprint density at radius 3 is 2.00 bits per heavy atom. The Kier molecular flexibility index (Phi) is 12.8. The minimum atomic E-state index is -1.17. The van der Waals surface area contributed by atoms with Gasteiger partial charge in [0.15, 0.2) is 0 Å². The first kappa shape index (κ1) is 28.6. The highest BCUT2D eigenvalue weighted by Gasteiger charge is 2.46. The van der Waals surface area contributed by atoms with E-state index in [0.29, 0.717) is 45.6 Å². The van der Waals surface area contributed by atoms with Crippen molar-refractivity contribution < 1.29 is 29.0 Å². The summed E-state index contributed by atoms with van der Waals surface area (Å²) in [5.74, 6) is -1.07. The van der Waals surface area contributed by atoms with Gasteiger partial charge in [-0.05, 0) is 40.0 Å². The van der Waals surface area contributed by atoms with Crippen molar-refractivity contribution in [2.45, 2.75) is 122 Å². The van der Waals surface area contributed by atoms with E-state index in [1.54, 1.807) is 0 Å². The molecule has 2 fully saturated rings. The summed E-state index contributed by atoms with van der Waals surface area (Å²) in [5.41, 5.74) is -1.17. The molecule has 1 N–H and O–H groups in total. The molecular formula is C25H47N2O6. The third-order valence-corrected chi connectivity index (χ3v) is 6.44. The van der Waals surface area contributed by atoms with Crippen LogP contribution < -0.4 is 0 Å². The first-order valence-electron chi connectivity index (χ1n) is 13.0. The minimum Gasteiger partial charge on any atom is -0.390 e. The lowest BCUT2D eigenvalue weighted by molar-refractivity contribution is -0.433. The summed E-state index contributed by atoms with van der Waals surface area (Å²) in [6, 6.07) is 0. The summed E-state index contributed by atoms with van der Waals surface area (Å²) in [7, 11) is 0. The third kappa shape index (κ3) is 10.3. The van der Waals surface area contributed by atoms with Crippen molar-refractivity contribution in [2.24, 2.45) is 0 Å². The molecule has 8 heteroatoms. The fourth-order valence-electron chi connectivity index (χ4n) is 4.53. The van der Waals surface area contributed by atoms with Crippen molar-refractivity contribution in [3.05, 3.63) is 6.92 Å². The van der Waals surface area contributed by atoms with Gasteiger partial charge in [-0.25, -0.2) is 0 Å². The molecule has 3 atom stereocenters. The van der Waals surface area contributed by atoms with Gasteiger partial charge in [0.1, 0.15) is 18.7 Å². The molecule has 2 saturated heterocycles. The molecular weight excluding hydrogens is 424 g/mol. The largest absolute Gasteiger partial charge is 0.390 e. The van der Waals surface area contributed by atoms with Crippen molar-refractivity contribution in [1.82, 2.24) is 10.1 Å². The number of aliphatic hydroxyl groups is 1. The quantitative estimate of drug-likeness (QED) is 0.179. The highest BCUT2D eigenvalue weighted by atomic mass is 16.9. The van der Waals surface area contributed by atoms with E-state index in [9.17, 15) is 9.90 Å². The zero-order valence-corrected chi connectivity index (χ0v) is 21.1. The van der Waals surface area contributed by atoms with Crippen LogP contribution in [0.25, 0.3) is 0 Å². The molecule has 1 radical (unpaired) electrons. The topological polar surface area (TPSA) is 80.7 Å². The van der Waals surface area contributed by atoms with Gasteiger partial charge in [0.2, 0.25) is 5.79 Å². The molecule has 193 valence electrons. The van der Waals surface area contributed by atoms with E-state index < -0.39 is 11.4 Å².